The molecule has 1 aliphatic heterocycles. The second-order valence-corrected chi connectivity index (χ2v) is 5.88. The molecule has 1 saturated heterocycles. The number of likely N-dealkylation sites (tertiary alicyclic amines) is 1. The zero-order chi connectivity index (χ0) is 15.5. The molecule has 1 atom stereocenters. The lowest BCUT2D eigenvalue weighted by molar-refractivity contribution is -0.132. The third-order valence-electron chi connectivity index (χ3n) is 4.05. The molecule has 7 heteroatoms. The highest BCUT2D eigenvalue weighted by Crippen LogP contribution is 2.26. The second kappa shape index (κ2) is 6.29. The third-order valence-corrected chi connectivity index (χ3v) is 4.05. The summed E-state index contributed by atoms with van der Waals surface area (Å²) in [6.07, 6.45) is 6.98. The Labute approximate surface area is 129 Å². The highest BCUT2D eigenvalue weighted by molar-refractivity contribution is 5.76. The first-order valence-electron chi connectivity index (χ1n) is 7.67. The van der Waals surface area contributed by atoms with Crippen molar-refractivity contribution in [1.82, 2.24) is 24.8 Å². The van der Waals surface area contributed by atoms with Crippen LogP contribution in [0.4, 0.5) is 0 Å². The van der Waals surface area contributed by atoms with Crippen LogP contribution in [0.15, 0.2) is 16.9 Å². The lowest BCUT2D eigenvalue weighted by Crippen LogP contribution is -2.39. The summed E-state index contributed by atoms with van der Waals surface area (Å²) in [6.45, 7) is 3.30. The maximum atomic E-state index is 12.4. The van der Waals surface area contributed by atoms with Gasteiger partial charge in [-0.1, -0.05) is 5.16 Å². The van der Waals surface area contributed by atoms with Crippen LogP contribution in [-0.4, -0.2) is 43.8 Å². The number of aromatic nitrogens is 4. The Bertz CT molecular complexity index is 648. The quantitative estimate of drug-likeness (QED) is 0.854. The summed E-state index contributed by atoms with van der Waals surface area (Å²) in [4.78, 5) is 18.6. The number of amides is 1. The summed E-state index contributed by atoms with van der Waals surface area (Å²) in [7, 11) is 1.88. The van der Waals surface area contributed by atoms with E-state index in [0.29, 0.717) is 24.7 Å². The van der Waals surface area contributed by atoms with E-state index in [1.54, 1.807) is 4.68 Å². The van der Waals surface area contributed by atoms with Crippen LogP contribution in [0, 0.1) is 6.92 Å². The second-order valence-electron chi connectivity index (χ2n) is 5.88. The molecule has 0 aliphatic carbocycles. The van der Waals surface area contributed by atoms with Crippen LogP contribution < -0.4 is 0 Å². The van der Waals surface area contributed by atoms with Gasteiger partial charge >= 0.3 is 0 Å². The van der Waals surface area contributed by atoms with Gasteiger partial charge in [-0.25, -0.2) is 0 Å². The van der Waals surface area contributed by atoms with E-state index >= 15 is 0 Å². The van der Waals surface area contributed by atoms with Crippen LogP contribution >= 0.6 is 0 Å². The summed E-state index contributed by atoms with van der Waals surface area (Å²) in [5.74, 6) is 1.65. The summed E-state index contributed by atoms with van der Waals surface area (Å²) in [5, 5.41) is 7.97. The van der Waals surface area contributed by atoms with Gasteiger partial charge in [0.05, 0.1) is 12.1 Å². The molecular formula is C15H21N5O2. The standard InChI is InChI=1S/C15H21N5O2/c1-11-17-15(22-18-11)13-4-3-7-20(10-13)14(21)6-5-12-8-16-19(2)9-12/h8-9,13H,3-7,10H2,1-2H3/t13-/m0/s1. The number of hydrogen-bond acceptors (Lipinski definition) is 5. The number of nitrogens with zero attached hydrogens (tertiary/aromatic N) is 5. The monoisotopic (exact) mass is 303 g/mol. The van der Waals surface area contributed by atoms with Gasteiger partial charge in [0.15, 0.2) is 5.82 Å². The molecule has 2 aromatic rings. The number of carbonyl (C=O) groups excluding carboxylic acids is 1. The lowest BCUT2D eigenvalue weighted by atomic mass is 9.97. The minimum atomic E-state index is 0.164. The molecule has 0 N–H and O–H groups in total. The van der Waals surface area contributed by atoms with E-state index in [1.807, 2.05) is 31.3 Å². The van der Waals surface area contributed by atoms with Gasteiger partial charge in [0.2, 0.25) is 11.8 Å². The van der Waals surface area contributed by atoms with Crippen LogP contribution in [0.2, 0.25) is 0 Å². The summed E-state index contributed by atoms with van der Waals surface area (Å²) < 4.78 is 7.01. The maximum absolute atomic E-state index is 12.4. The first-order chi connectivity index (χ1) is 10.6. The van der Waals surface area contributed by atoms with E-state index in [-0.39, 0.29) is 11.8 Å². The van der Waals surface area contributed by atoms with Crippen LogP contribution in [-0.2, 0) is 18.3 Å². The average Bonchev–Trinajstić information content (AvgIpc) is 3.13. The normalized spacial score (nSPS) is 18.6. The van der Waals surface area contributed by atoms with Gasteiger partial charge in [0.1, 0.15) is 0 Å². The molecule has 22 heavy (non-hydrogen) atoms. The first-order valence-corrected chi connectivity index (χ1v) is 7.67. The van der Waals surface area contributed by atoms with Gasteiger partial charge in [-0.05, 0) is 31.7 Å². The number of piperidine rings is 1. The molecule has 0 spiro atoms. The zero-order valence-electron chi connectivity index (χ0n) is 13.0. The maximum Gasteiger partial charge on any atom is 0.231 e. The Morgan fingerprint density at radius 3 is 3.05 bits per heavy atom. The molecule has 1 aliphatic rings. The first kappa shape index (κ1) is 14.7. The molecule has 1 amide bonds. The van der Waals surface area contributed by atoms with Crippen molar-refractivity contribution in [3.63, 3.8) is 0 Å². The molecule has 0 aromatic carbocycles. The Balaban J connectivity index is 1.55. The van der Waals surface area contributed by atoms with Crippen LogP contribution in [0.3, 0.4) is 0 Å². The Hall–Kier alpha value is -2.18. The molecule has 0 saturated carbocycles. The van der Waals surface area contributed by atoms with Crippen molar-refractivity contribution in [3.8, 4) is 0 Å². The minimum Gasteiger partial charge on any atom is -0.342 e. The van der Waals surface area contributed by atoms with Crippen LogP contribution in [0.5, 0.6) is 0 Å². The van der Waals surface area contributed by atoms with Crippen molar-refractivity contribution >= 4 is 5.91 Å². The average molecular weight is 303 g/mol. The molecule has 0 bridgehead atoms. The van der Waals surface area contributed by atoms with E-state index < -0.39 is 0 Å². The van der Waals surface area contributed by atoms with E-state index in [0.717, 1.165) is 31.4 Å². The van der Waals surface area contributed by atoms with Crippen molar-refractivity contribution in [1.29, 1.82) is 0 Å². The molecule has 1 fully saturated rings. The predicted octanol–water partition coefficient (Wildman–Crippen LogP) is 1.45. The smallest absolute Gasteiger partial charge is 0.231 e. The Morgan fingerprint density at radius 2 is 2.36 bits per heavy atom. The summed E-state index contributed by atoms with van der Waals surface area (Å²) >= 11 is 0. The molecule has 3 heterocycles. The number of rotatable bonds is 4. The Morgan fingerprint density at radius 1 is 1.50 bits per heavy atom. The van der Waals surface area contributed by atoms with Crippen molar-refractivity contribution in [2.45, 2.75) is 38.5 Å². The molecule has 0 radical (unpaired) electrons. The van der Waals surface area contributed by atoms with Gasteiger partial charge in [-0.2, -0.15) is 10.1 Å². The number of carbonyl (C=O) groups is 1. The van der Waals surface area contributed by atoms with E-state index in [9.17, 15) is 4.79 Å². The van der Waals surface area contributed by atoms with Crippen molar-refractivity contribution in [2.75, 3.05) is 13.1 Å². The van der Waals surface area contributed by atoms with E-state index in [4.69, 9.17) is 4.52 Å². The van der Waals surface area contributed by atoms with Crippen molar-refractivity contribution in [3.05, 3.63) is 29.7 Å². The fourth-order valence-corrected chi connectivity index (χ4v) is 2.89. The summed E-state index contributed by atoms with van der Waals surface area (Å²) in [6, 6.07) is 0. The SMILES string of the molecule is Cc1noc([C@H]2CCCN(C(=O)CCc3cnn(C)c3)C2)n1. The summed E-state index contributed by atoms with van der Waals surface area (Å²) in [5.41, 5.74) is 1.09. The van der Waals surface area contributed by atoms with Crippen LogP contribution in [0.1, 0.15) is 42.5 Å². The predicted molar refractivity (Wildman–Crippen MR) is 79.1 cm³/mol. The lowest BCUT2D eigenvalue weighted by Gasteiger charge is -2.31. The van der Waals surface area contributed by atoms with Gasteiger partial charge < -0.3 is 9.42 Å². The zero-order valence-corrected chi connectivity index (χ0v) is 13.0. The molecule has 2 aromatic heterocycles. The molecular weight excluding hydrogens is 282 g/mol. The number of aryl methyl sites for hydroxylation is 3. The molecule has 7 nitrogen and oxygen atoms in total. The highest BCUT2D eigenvalue weighted by Gasteiger charge is 2.28. The highest BCUT2D eigenvalue weighted by atomic mass is 16.5. The molecule has 0 unspecified atom stereocenters. The van der Waals surface area contributed by atoms with Crippen molar-refractivity contribution < 1.29 is 9.32 Å². The minimum absolute atomic E-state index is 0.164. The topological polar surface area (TPSA) is 77.0 Å². The van der Waals surface area contributed by atoms with E-state index in [2.05, 4.69) is 15.2 Å². The van der Waals surface area contributed by atoms with Gasteiger partial charge in [-0.15, -0.1) is 0 Å². The van der Waals surface area contributed by atoms with Gasteiger partial charge in [-0.3, -0.25) is 9.48 Å². The Kier molecular flexibility index (Phi) is 4.22. The third kappa shape index (κ3) is 3.35. The van der Waals surface area contributed by atoms with Crippen molar-refractivity contribution in [2.24, 2.45) is 7.05 Å². The van der Waals surface area contributed by atoms with Gasteiger partial charge in [0, 0.05) is 32.8 Å². The fraction of sp³-hybridized carbons (Fsp3) is 0.600. The molecule has 3 rings (SSSR count). The number of hydrogen-bond donors (Lipinski definition) is 0. The van der Waals surface area contributed by atoms with Crippen LogP contribution in [0.25, 0.3) is 0 Å². The largest absolute Gasteiger partial charge is 0.342 e. The van der Waals surface area contributed by atoms with Gasteiger partial charge in [0.25, 0.3) is 0 Å². The van der Waals surface area contributed by atoms with E-state index in [1.165, 1.54) is 0 Å². The molecule has 118 valence electrons. The fourth-order valence-electron chi connectivity index (χ4n) is 2.89.